The lowest BCUT2D eigenvalue weighted by Gasteiger charge is -2.55. The van der Waals surface area contributed by atoms with Crippen molar-refractivity contribution >= 4 is 29.4 Å². The number of urea groups is 1. The van der Waals surface area contributed by atoms with E-state index in [9.17, 15) is 19.2 Å². The fraction of sp³-hybridized carbons (Fsp3) is 0.565. The van der Waals surface area contributed by atoms with Gasteiger partial charge in [-0.25, -0.2) is 13.6 Å². The molecule has 35 heavy (non-hydrogen) atoms. The first kappa shape index (κ1) is 23.6. The lowest BCUT2D eigenvalue weighted by atomic mass is 9.66. The minimum absolute atomic E-state index is 0.0690. The fourth-order valence-electron chi connectivity index (χ4n) is 5.82. The normalized spacial score (nSPS) is 29.7. The SMILES string of the molecule is C[C@@H]1CN2c3c(cc(C(=O)NC4CCCOC4)c(F)c3F)CC3(C(=O)NC(=O)NC3=O)[C@H]2[C@H](C)O1. The summed E-state index contributed by atoms with van der Waals surface area (Å²) in [6.45, 7) is 4.28. The molecule has 0 saturated carbocycles. The Bertz CT molecular complexity index is 1100. The highest BCUT2D eigenvalue weighted by Crippen LogP contribution is 2.48. The van der Waals surface area contributed by atoms with Crippen LogP contribution in [0.25, 0.3) is 0 Å². The first-order valence-corrected chi connectivity index (χ1v) is 11.6. The molecule has 10 nitrogen and oxygen atoms in total. The van der Waals surface area contributed by atoms with Crippen molar-refractivity contribution in [3.8, 4) is 0 Å². The Labute approximate surface area is 199 Å². The minimum Gasteiger partial charge on any atom is -0.379 e. The number of anilines is 1. The Morgan fingerprint density at radius 3 is 2.54 bits per heavy atom. The van der Waals surface area contributed by atoms with Gasteiger partial charge in [-0.05, 0) is 38.3 Å². The number of halogens is 2. The summed E-state index contributed by atoms with van der Waals surface area (Å²) in [4.78, 5) is 52.5. The van der Waals surface area contributed by atoms with Crippen molar-refractivity contribution < 1.29 is 37.4 Å². The van der Waals surface area contributed by atoms with E-state index in [2.05, 4.69) is 16.0 Å². The zero-order chi connectivity index (χ0) is 25.1. The number of hydrogen-bond donors (Lipinski definition) is 3. The summed E-state index contributed by atoms with van der Waals surface area (Å²) < 4.78 is 42.1. The number of benzene rings is 1. The second-order valence-corrected chi connectivity index (χ2v) is 9.58. The van der Waals surface area contributed by atoms with Crippen molar-refractivity contribution in [2.45, 2.75) is 57.4 Å². The highest BCUT2D eigenvalue weighted by molar-refractivity contribution is 6.20. The molecule has 1 aromatic carbocycles. The molecule has 1 spiro atoms. The predicted molar refractivity (Wildman–Crippen MR) is 117 cm³/mol. The molecule has 5 rings (SSSR count). The second-order valence-electron chi connectivity index (χ2n) is 9.58. The molecule has 12 heteroatoms. The number of carbonyl (C=O) groups is 4. The third kappa shape index (κ3) is 3.66. The lowest BCUT2D eigenvalue weighted by Crippen LogP contribution is -2.75. The van der Waals surface area contributed by atoms with E-state index in [1.807, 2.05) is 0 Å². The van der Waals surface area contributed by atoms with E-state index in [1.165, 1.54) is 11.0 Å². The van der Waals surface area contributed by atoms with Crippen molar-refractivity contribution in [3.63, 3.8) is 0 Å². The molecule has 1 aromatic rings. The zero-order valence-corrected chi connectivity index (χ0v) is 19.3. The van der Waals surface area contributed by atoms with Gasteiger partial charge in [0, 0.05) is 19.6 Å². The summed E-state index contributed by atoms with van der Waals surface area (Å²) in [5.74, 6) is -5.07. The van der Waals surface area contributed by atoms with Crippen LogP contribution < -0.4 is 20.9 Å². The van der Waals surface area contributed by atoms with Gasteiger partial charge in [0.1, 0.15) is 0 Å². The molecule has 5 amide bonds. The molecule has 4 aliphatic rings. The van der Waals surface area contributed by atoms with E-state index in [0.29, 0.717) is 13.0 Å². The molecule has 1 unspecified atom stereocenters. The van der Waals surface area contributed by atoms with Gasteiger partial charge < -0.3 is 19.7 Å². The first-order valence-electron chi connectivity index (χ1n) is 11.6. The molecule has 3 fully saturated rings. The third-order valence-corrected chi connectivity index (χ3v) is 7.21. The maximum absolute atomic E-state index is 15.6. The van der Waals surface area contributed by atoms with Crippen LogP contribution in [-0.2, 0) is 25.5 Å². The summed E-state index contributed by atoms with van der Waals surface area (Å²) in [6.07, 6.45) is -0.123. The molecule has 3 N–H and O–H groups in total. The average molecular weight is 492 g/mol. The van der Waals surface area contributed by atoms with Crippen LogP contribution in [0, 0.1) is 17.0 Å². The van der Waals surface area contributed by atoms with Gasteiger partial charge in [0.15, 0.2) is 17.0 Å². The monoisotopic (exact) mass is 492 g/mol. The van der Waals surface area contributed by atoms with Crippen LogP contribution >= 0.6 is 0 Å². The number of carbonyl (C=O) groups excluding carboxylic acids is 4. The Hall–Kier alpha value is -3.12. The third-order valence-electron chi connectivity index (χ3n) is 7.21. The molecule has 0 aromatic heterocycles. The van der Waals surface area contributed by atoms with Gasteiger partial charge >= 0.3 is 6.03 Å². The molecule has 0 aliphatic carbocycles. The molecule has 4 aliphatic heterocycles. The topological polar surface area (TPSA) is 126 Å². The maximum Gasteiger partial charge on any atom is 0.328 e. The molecular weight excluding hydrogens is 466 g/mol. The van der Waals surface area contributed by atoms with E-state index in [0.717, 1.165) is 6.42 Å². The highest BCUT2D eigenvalue weighted by Gasteiger charge is 2.63. The Morgan fingerprint density at radius 2 is 1.89 bits per heavy atom. The number of rotatable bonds is 2. The van der Waals surface area contributed by atoms with Crippen molar-refractivity contribution in [1.29, 1.82) is 0 Å². The molecule has 188 valence electrons. The van der Waals surface area contributed by atoms with Crippen molar-refractivity contribution in [3.05, 3.63) is 28.8 Å². The Balaban J connectivity index is 1.61. The van der Waals surface area contributed by atoms with E-state index < -0.39 is 64.6 Å². The van der Waals surface area contributed by atoms with E-state index in [4.69, 9.17) is 9.47 Å². The van der Waals surface area contributed by atoms with Gasteiger partial charge in [-0.15, -0.1) is 0 Å². The van der Waals surface area contributed by atoms with Crippen LogP contribution in [0.15, 0.2) is 6.07 Å². The van der Waals surface area contributed by atoms with Gasteiger partial charge in [-0.1, -0.05) is 0 Å². The number of fused-ring (bicyclic) bond motifs is 4. The van der Waals surface area contributed by atoms with Crippen LogP contribution in [0.1, 0.15) is 42.6 Å². The van der Waals surface area contributed by atoms with Crippen molar-refractivity contribution in [1.82, 2.24) is 16.0 Å². The van der Waals surface area contributed by atoms with Crippen LogP contribution in [0.4, 0.5) is 19.3 Å². The molecule has 3 saturated heterocycles. The summed E-state index contributed by atoms with van der Waals surface area (Å²) in [5.41, 5.74) is -2.38. The largest absolute Gasteiger partial charge is 0.379 e. The molecule has 4 atom stereocenters. The molecule has 0 radical (unpaired) electrons. The van der Waals surface area contributed by atoms with Gasteiger partial charge in [0.2, 0.25) is 11.8 Å². The summed E-state index contributed by atoms with van der Waals surface area (Å²) >= 11 is 0. The van der Waals surface area contributed by atoms with E-state index in [-0.39, 0.29) is 36.9 Å². The summed E-state index contributed by atoms with van der Waals surface area (Å²) in [5, 5.41) is 6.93. The number of imide groups is 2. The molecule has 4 heterocycles. The van der Waals surface area contributed by atoms with Crippen LogP contribution in [0.5, 0.6) is 0 Å². The van der Waals surface area contributed by atoms with Crippen molar-refractivity contribution in [2.24, 2.45) is 5.41 Å². The molecule has 0 bridgehead atoms. The second kappa shape index (κ2) is 8.52. The standard InChI is InChI=1S/C23H26F2N4O6/c1-10-8-29-17-12(6-14(15(24)16(17)25)19(30)26-13-4-3-5-34-9-13)7-23(18(29)11(2)35-10)20(31)27-22(33)28-21(23)32/h6,10-11,13,18H,3-5,7-9H2,1-2H3,(H,26,30)(H2,27,28,31,32,33)/t10-,11+,13?,18-/m1/s1. The van der Waals surface area contributed by atoms with Crippen molar-refractivity contribution in [2.75, 3.05) is 24.7 Å². The Kier molecular flexibility index (Phi) is 5.75. The van der Waals surface area contributed by atoms with Gasteiger partial charge in [-0.3, -0.25) is 25.0 Å². The zero-order valence-electron chi connectivity index (χ0n) is 19.3. The number of barbiturate groups is 1. The van der Waals surface area contributed by atoms with Crippen LogP contribution in [0.2, 0.25) is 0 Å². The van der Waals surface area contributed by atoms with Crippen LogP contribution in [0.3, 0.4) is 0 Å². The maximum atomic E-state index is 15.6. The number of hydrogen-bond acceptors (Lipinski definition) is 7. The van der Waals surface area contributed by atoms with E-state index >= 15 is 8.78 Å². The fourth-order valence-corrected chi connectivity index (χ4v) is 5.82. The van der Waals surface area contributed by atoms with Gasteiger partial charge in [-0.2, -0.15) is 0 Å². The first-order chi connectivity index (χ1) is 16.6. The highest BCUT2D eigenvalue weighted by atomic mass is 19.2. The summed E-state index contributed by atoms with van der Waals surface area (Å²) in [7, 11) is 0. The minimum atomic E-state index is -1.85. The number of nitrogens with zero attached hydrogens (tertiary/aromatic N) is 1. The number of amides is 5. The van der Waals surface area contributed by atoms with Crippen LogP contribution in [-0.4, -0.2) is 67.8 Å². The van der Waals surface area contributed by atoms with Gasteiger partial charge in [0.25, 0.3) is 5.91 Å². The van der Waals surface area contributed by atoms with Gasteiger partial charge in [0.05, 0.1) is 42.1 Å². The number of ether oxygens (including phenoxy) is 2. The van der Waals surface area contributed by atoms with E-state index in [1.54, 1.807) is 13.8 Å². The number of nitrogens with one attached hydrogen (secondary N) is 3. The average Bonchev–Trinajstić information content (AvgIpc) is 2.79. The molecular formula is C23H26F2N4O6. The predicted octanol–water partition coefficient (Wildman–Crippen LogP) is 0.764. The summed E-state index contributed by atoms with van der Waals surface area (Å²) in [6, 6.07) is -1.12. The Morgan fingerprint density at radius 1 is 1.17 bits per heavy atom. The smallest absolute Gasteiger partial charge is 0.328 e. The lowest BCUT2D eigenvalue weighted by molar-refractivity contribution is -0.153. The number of morpholine rings is 1. The quantitative estimate of drug-likeness (QED) is 0.521.